The molecule has 180 valence electrons. The van der Waals surface area contributed by atoms with Crippen LogP contribution in [0.5, 0.6) is 11.5 Å². The van der Waals surface area contributed by atoms with Gasteiger partial charge in [-0.25, -0.2) is 9.79 Å². The second-order valence-corrected chi connectivity index (χ2v) is 8.92. The van der Waals surface area contributed by atoms with Crippen LogP contribution in [0.1, 0.15) is 23.6 Å². The largest absolute Gasteiger partial charge is 0.490 e. The number of ether oxygens (including phenoxy) is 3. The molecule has 5 rings (SSSR count). The van der Waals surface area contributed by atoms with Crippen molar-refractivity contribution in [3.8, 4) is 11.5 Å². The Labute approximate surface area is 218 Å². The number of carbonyl (C=O) groups excluding carboxylic acids is 1. The van der Waals surface area contributed by atoms with E-state index in [1.807, 2.05) is 61.5 Å². The molecule has 7 heteroatoms. The summed E-state index contributed by atoms with van der Waals surface area (Å²) in [5, 5.41) is 3.14. The van der Waals surface area contributed by atoms with Crippen molar-refractivity contribution in [2.75, 3.05) is 6.61 Å². The third-order valence-corrected chi connectivity index (χ3v) is 6.08. The van der Waals surface area contributed by atoms with E-state index < -0.39 is 5.97 Å². The molecule has 1 aliphatic rings. The van der Waals surface area contributed by atoms with Crippen molar-refractivity contribution in [3.05, 3.63) is 111 Å². The predicted octanol–water partition coefficient (Wildman–Crippen LogP) is 7.47. The number of aliphatic imine (C=N–C) groups is 1. The van der Waals surface area contributed by atoms with Crippen LogP contribution in [0.25, 0.3) is 16.8 Å². The molecule has 0 bridgehead atoms. The minimum atomic E-state index is -0.532. The number of esters is 1. The van der Waals surface area contributed by atoms with Crippen molar-refractivity contribution in [3.63, 3.8) is 0 Å². The molecule has 0 radical (unpaired) electrons. The topological polar surface area (TPSA) is 57.1 Å². The summed E-state index contributed by atoms with van der Waals surface area (Å²) in [5.41, 5.74) is 2.47. The summed E-state index contributed by atoms with van der Waals surface area (Å²) in [5.74, 6) is 0.618. The number of hydrogen-bond donors (Lipinski definition) is 0. The van der Waals surface area contributed by atoms with Gasteiger partial charge in [0.05, 0.1) is 11.6 Å². The van der Waals surface area contributed by atoms with Gasteiger partial charge in [0.25, 0.3) is 0 Å². The van der Waals surface area contributed by atoms with Crippen LogP contribution in [-0.4, -0.2) is 18.5 Å². The molecule has 36 heavy (non-hydrogen) atoms. The fourth-order valence-electron chi connectivity index (χ4n) is 3.82. The van der Waals surface area contributed by atoms with Crippen LogP contribution >= 0.6 is 23.2 Å². The van der Waals surface area contributed by atoms with Crippen molar-refractivity contribution in [2.24, 2.45) is 4.99 Å². The highest BCUT2D eigenvalue weighted by atomic mass is 35.5. The smallest absolute Gasteiger partial charge is 0.363 e. The van der Waals surface area contributed by atoms with Gasteiger partial charge in [-0.05, 0) is 71.3 Å². The first kappa shape index (κ1) is 23.9. The Hall–Kier alpha value is -3.80. The van der Waals surface area contributed by atoms with Crippen molar-refractivity contribution >= 4 is 51.9 Å². The molecule has 0 amide bonds. The van der Waals surface area contributed by atoms with Crippen LogP contribution in [-0.2, 0) is 16.1 Å². The molecule has 4 aromatic carbocycles. The number of cyclic esters (lactones) is 1. The van der Waals surface area contributed by atoms with Gasteiger partial charge in [-0.3, -0.25) is 0 Å². The van der Waals surface area contributed by atoms with E-state index >= 15 is 0 Å². The molecule has 1 heterocycles. The highest BCUT2D eigenvalue weighted by Gasteiger charge is 2.25. The molecule has 0 aliphatic carbocycles. The van der Waals surface area contributed by atoms with Crippen molar-refractivity contribution < 1.29 is 19.0 Å². The van der Waals surface area contributed by atoms with Crippen LogP contribution in [0.4, 0.5) is 0 Å². The van der Waals surface area contributed by atoms with E-state index in [1.54, 1.807) is 30.3 Å². The van der Waals surface area contributed by atoms with Gasteiger partial charge < -0.3 is 14.2 Å². The maximum Gasteiger partial charge on any atom is 0.363 e. The number of nitrogens with zero attached hydrogens (tertiary/aromatic N) is 1. The summed E-state index contributed by atoms with van der Waals surface area (Å²) < 4.78 is 17.2. The summed E-state index contributed by atoms with van der Waals surface area (Å²) >= 11 is 12.5. The average molecular weight is 518 g/mol. The molecule has 5 nitrogen and oxygen atoms in total. The molecule has 0 atom stereocenters. The van der Waals surface area contributed by atoms with Crippen LogP contribution in [0.2, 0.25) is 10.0 Å². The fraction of sp³-hybridized carbons (Fsp3) is 0.103. The first-order chi connectivity index (χ1) is 17.5. The molecule has 0 saturated heterocycles. The van der Waals surface area contributed by atoms with Gasteiger partial charge in [0.2, 0.25) is 5.90 Å². The second kappa shape index (κ2) is 10.4. The monoisotopic (exact) mass is 517 g/mol. The van der Waals surface area contributed by atoms with E-state index in [0.717, 1.165) is 21.9 Å². The first-order valence-electron chi connectivity index (χ1n) is 11.4. The highest BCUT2D eigenvalue weighted by molar-refractivity contribution is 6.32. The summed E-state index contributed by atoms with van der Waals surface area (Å²) in [7, 11) is 0. The summed E-state index contributed by atoms with van der Waals surface area (Å²) in [4.78, 5) is 17.0. The molecular weight excluding hydrogens is 497 g/mol. The van der Waals surface area contributed by atoms with Gasteiger partial charge in [0, 0.05) is 10.6 Å². The van der Waals surface area contributed by atoms with Crippen molar-refractivity contribution in [1.82, 2.24) is 0 Å². The van der Waals surface area contributed by atoms with Gasteiger partial charge in [-0.1, -0.05) is 65.7 Å². The number of fused-ring (bicyclic) bond motifs is 1. The zero-order valence-corrected chi connectivity index (χ0v) is 20.8. The SMILES string of the molecule is CCOc1cc(/C=C2\N=C(c3ccc4ccccc4c3)OC2=O)cc(Cl)c1OCc1ccc(Cl)cc1. The average Bonchev–Trinajstić information content (AvgIpc) is 3.24. The molecule has 0 fully saturated rings. The van der Waals surface area contributed by atoms with Crippen LogP contribution in [0.15, 0.2) is 89.6 Å². The fourth-order valence-corrected chi connectivity index (χ4v) is 4.22. The van der Waals surface area contributed by atoms with Crippen molar-refractivity contribution in [1.29, 1.82) is 0 Å². The lowest BCUT2D eigenvalue weighted by Gasteiger charge is -2.14. The molecule has 1 aliphatic heterocycles. The lowest BCUT2D eigenvalue weighted by Crippen LogP contribution is -2.05. The van der Waals surface area contributed by atoms with E-state index in [1.165, 1.54) is 0 Å². The third kappa shape index (κ3) is 5.23. The zero-order chi connectivity index (χ0) is 25.1. The lowest BCUT2D eigenvalue weighted by molar-refractivity contribution is -0.129. The maximum atomic E-state index is 12.6. The summed E-state index contributed by atoms with van der Waals surface area (Å²) in [6.07, 6.45) is 1.62. The second-order valence-electron chi connectivity index (χ2n) is 8.08. The Balaban J connectivity index is 1.42. The quantitative estimate of drug-likeness (QED) is 0.188. The van der Waals surface area contributed by atoms with E-state index in [0.29, 0.717) is 40.3 Å². The zero-order valence-electron chi connectivity index (χ0n) is 19.3. The third-order valence-electron chi connectivity index (χ3n) is 5.55. The number of carbonyl (C=O) groups is 1. The maximum absolute atomic E-state index is 12.6. The number of hydrogen-bond acceptors (Lipinski definition) is 5. The molecule has 0 spiro atoms. The number of benzene rings is 4. The van der Waals surface area contributed by atoms with Gasteiger partial charge in [-0.2, -0.15) is 0 Å². The van der Waals surface area contributed by atoms with Gasteiger partial charge >= 0.3 is 5.97 Å². The Morgan fingerprint density at radius 3 is 2.47 bits per heavy atom. The highest BCUT2D eigenvalue weighted by Crippen LogP contribution is 2.38. The molecule has 0 aromatic heterocycles. The van der Waals surface area contributed by atoms with E-state index in [-0.39, 0.29) is 11.6 Å². The first-order valence-corrected chi connectivity index (χ1v) is 12.1. The van der Waals surface area contributed by atoms with Crippen LogP contribution < -0.4 is 9.47 Å². The molecule has 0 N–H and O–H groups in total. The van der Waals surface area contributed by atoms with Crippen molar-refractivity contribution in [2.45, 2.75) is 13.5 Å². The van der Waals surface area contributed by atoms with Crippen LogP contribution in [0.3, 0.4) is 0 Å². The lowest BCUT2D eigenvalue weighted by atomic mass is 10.1. The Bertz CT molecular complexity index is 1510. The van der Waals surface area contributed by atoms with Gasteiger partial charge in [0.15, 0.2) is 17.2 Å². The van der Waals surface area contributed by atoms with E-state index in [4.69, 9.17) is 37.4 Å². The summed E-state index contributed by atoms with van der Waals surface area (Å²) in [6, 6.07) is 24.6. The standard InChI is InChI=1S/C29H21Cl2NO4/c1-2-34-26-15-19(13-24(31)27(26)35-17-18-7-11-23(30)12-8-18)14-25-29(33)36-28(32-25)22-10-9-20-5-3-4-6-21(20)16-22/h3-16H,2,17H2,1H3/b25-14-. The van der Waals surface area contributed by atoms with E-state index in [9.17, 15) is 4.79 Å². The van der Waals surface area contributed by atoms with Crippen LogP contribution in [0, 0.1) is 0 Å². The van der Waals surface area contributed by atoms with Gasteiger partial charge in [0.1, 0.15) is 6.61 Å². The van der Waals surface area contributed by atoms with E-state index in [2.05, 4.69) is 4.99 Å². The normalized spacial score (nSPS) is 14.1. The van der Waals surface area contributed by atoms with Gasteiger partial charge in [-0.15, -0.1) is 0 Å². The molecule has 4 aromatic rings. The minimum Gasteiger partial charge on any atom is -0.490 e. The minimum absolute atomic E-state index is 0.173. The Kier molecular flexibility index (Phi) is 6.94. The molecular formula is C29H21Cl2NO4. The molecule has 0 saturated carbocycles. The number of halogens is 2. The number of rotatable bonds is 7. The predicted molar refractivity (Wildman–Crippen MR) is 143 cm³/mol. The Morgan fingerprint density at radius 2 is 1.69 bits per heavy atom. The Morgan fingerprint density at radius 1 is 0.917 bits per heavy atom. The molecule has 0 unspecified atom stereocenters. The summed E-state index contributed by atoms with van der Waals surface area (Å²) in [6.45, 7) is 2.58.